The number of benzene rings is 1. The number of ether oxygens (including phenoxy) is 1. The van der Waals surface area contributed by atoms with Gasteiger partial charge in [0.05, 0.1) is 22.8 Å². The van der Waals surface area contributed by atoms with Crippen molar-refractivity contribution in [2.24, 2.45) is 0 Å². The maximum atomic E-state index is 14.9. The number of pyridine rings is 1. The number of anilines is 1. The molecule has 0 spiro atoms. The number of halogens is 2. The minimum absolute atomic E-state index is 0.0703. The molecular formula is C19H21F2N3O3S. The Labute approximate surface area is 165 Å². The normalized spacial score (nSPS) is 19.4. The number of piperazine rings is 1. The van der Waals surface area contributed by atoms with Crippen molar-refractivity contribution in [1.29, 1.82) is 0 Å². The molecule has 1 aromatic heterocycles. The summed E-state index contributed by atoms with van der Waals surface area (Å²) in [7, 11) is 2.01. The molecule has 150 valence electrons. The Morgan fingerprint density at radius 1 is 1.29 bits per heavy atom. The number of hydrogen-bond acceptors (Lipinski definition) is 6. The van der Waals surface area contributed by atoms with E-state index in [2.05, 4.69) is 4.90 Å². The Bertz CT molecular complexity index is 1000. The first-order valence-electron chi connectivity index (χ1n) is 9.21. The molecule has 1 aromatic carbocycles. The van der Waals surface area contributed by atoms with Gasteiger partial charge in [0, 0.05) is 31.6 Å². The van der Waals surface area contributed by atoms with Gasteiger partial charge in [-0.25, -0.2) is 13.6 Å². The van der Waals surface area contributed by atoms with Gasteiger partial charge < -0.3 is 19.1 Å². The summed E-state index contributed by atoms with van der Waals surface area (Å²) < 4.78 is 35.0. The van der Waals surface area contributed by atoms with Crippen LogP contribution in [-0.4, -0.2) is 61.9 Å². The van der Waals surface area contributed by atoms with Crippen LogP contribution in [0.15, 0.2) is 22.0 Å². The highest BCUT2D eigenvalue weighted by Gasteiger charge is 2.36. The number of carbonyl (C=O) groups is 1. The van der Waals surface area contributed by atoms with E-state index in [4.69, 9.17) is 4.74 Å². The second-order valence-corrected chi connectivity index (χ2v) is 8.10. The van der Waals surface area contributed by atoms with Crippen molar-refractivity contribution in [3.05, 3.63) is 33.7 Å². The maximum Gasteiger partial charge on any atom is 0.344 e. The lowest BCUT2D eigenvalue weighted by molar-refractivity contribution is 0.0518. The molecule has 3 heterocycles. The molecule has 2 aliphatic heterocycles. The number of aromatic nitrogens is 1. The highest BCUT2D eigenvalue weighted by molar-refractivity contribution is 8.00. The quantitative estimate of drug-likeness (QED) is 0.724. The summed E-state index contributed by atoms with van der Waals surface area (Å²) in [4.78, 5) is 29.3. The fourth-order valence-corrected chi connectivity index (χ4v) is 4.82. The molecule has 0 aliphatic carbocycles. The first kappa shape index (κ1) is 19.2. The minimum atomic E-state index is -0.758. The second-order valence-electron chi connectivity index (χ2n) is 6.94. The third-order valence-electron chi connectivity index (χ3n) is 5.22. The van der Waals surface area contributed by atoms with E-state index in [0.29, 0.717) is 29.3 Å². The molecular weight excluding hydrogens is 388 g/mol. The Hall–Kier alpha value is -2.13. The van der Waals surface area contributed by atoms with Crippen LogP contribution in [0.1, 0.15) is 22.7 Å². The predicted molar refractivity (Wildman–Crippen MR) is 105 cm³/mol. The largest absolute Gasteiger partial charge is 0.462 e. The van der Waals surface area contributed by atoms with E-state index in [1.807, 2.05) is 11.9 Å². The van der Waals surface area contributed by atoms with Gasteiger partial charge in [-0.2, -0.15) is 0 Å². The van der Waals surface area contributed by atoms with Gasteiger partial charge >= 0.3 is 5.97 Å². The molecule has 0 N–H and O–H groups in total. The summed E-state index contributed by atoms with van der Waals surface area (Å²) in [6.07, 6.45) is 0. The summed E-state index contributed by atoms with van der Waals surface area (Å²) >= 11 is 1.13. The zero-order valence-corrected chi connectivity index (χ0v) is 16.5. The van der Waals surface area contributed by atoms with Crippen LogP contribution in [0.4, 0.5) is 14.5 Å². The number of alkyl halides is 1. The van der Waals surface area contributed by atoms with Crippen LogP contribution < -0.4 is 10.3 Å². The van der Waals surface area contributed by atoms with E-state index in [0.717, 1.165) is 24.9 Å². The minimum Gasteiger partial charge on any atom is -0.462 e. The molecule has 0 bridgehead atoms. The number of carbonyl (C=O) groups excluding carboxylic acids is 1. The number of likely N-dealkylation sites (N-methyl/N-ethyl adjacent to an activating group) is 1. The van der Waals surface area contributed by atoms with E-state index < -0.39 is 29.3 Å². The van der Waals surface area contributed by atoms with E-state index in [1.54, 1.807) is 17.6 Å². The van der Waals surface area contributed by atoms with Crippen molar-refractivity contribution in [2.45, 2.75) is 17.3 Å². The van der Waals surface area contributed by atoms with Gasteiger partial charge in [0.25, 0.3) is 0 Å². The molecule has 28 heavy (non-hydrogen) atoms. The Balaban J connectivity index is 1.90. The van der Waals surface area contributed by atoms with E-state index in [-0.39, 0.29) is 17.6 Å². The van der Waals surface area contributed by atoms with Crippen LogP contribution in [0.3, 0.4) is 0 Å². The predicted octanol–water partition coefficient (Wildman–Crippen LogP) is 2.64. The Morgan fingerprint density at radius 3 is 2.64 bits per heavy atom. The lowest BCUT2D eigenvalue weighted by Gasteiger charge is -2.36. The molecule has 1 saturated heterocycles. The van der Waals surface area contributed by atoms with Crippen LogP contribution >= 0.6 is 11.8 Å². The number of rotatable bonds is 4. The third kappa shape index (κ3) is 2.97. The van der Waals surface area contributed by atoms with Crippen molar-refractivity contribution >= 4 is 34.3 Å². The molecule has 9 heteroatoms. The number of fused-ring (bicyclic) bond motifs is 3. The SMILES string of the molecule is CCOC(=O)c1c2n(c3cc(N4CCN(C)CC4)c(F)cc3c1=O)[C@@H](CF)S2. The zero-order valence-electron chi connectivity index (χ0n) is 15.7. The smallest absolute Gasteiger partial charge is 0.344 e. The van der Waals surface area contributed by atoms with Crippen molar-refractivity contribution in [3.8, 4) is 0 Å². The van der Waals surface area contributed by atoms with Gasteiger partial charge in [-0.1, -0.05) is 11.8 Å². The average molecular weight is 409 g/mol. The van der Waals surface area contributed by atoms with E-state index in [9.17, 15) is 18.4 Å². The Morgan fingerprint density at radius 2 is 2.00 bits per heavy atom. The Kier molecular flexibility index (Phi) is 5.05. The fraction of sp³-hybridized carbons (Fsp3) is 0.474. The van der Waals surface area contributed by atoms with Crippen LogP contribution in [-0.2, 0) is 4.74 Å². The van der Waals surface area contributed by atoms with Gasteiger partial charge in [0.15, 0.2) is 0 Å². The molecule has 4 rings (SSSR count). The highest BCUT2D eigenvalue weighted by atomic mass is 32.2. The van der Waals surface area contributed by atoms with Crippen LogP contribution in [0.25, 0.3) is 10.9 Å². The van der Waals surface area contributed by atoms with Crippen LogP contribution in [0.5, 0.6) is 0 Å². The van der Waals surface area contributed by atoms with Crippen LogP contribution in [0, 0.1) is 5.82 Å². The molecule has 0 amide bonds. The van der Waals surface area contributed by atoms with Crippen molar-refractivity contribution in [2.75, 3.05) is 51.4 Å². The zero-order chi connectivity index (χ0) is 20.0. The molecule has 2 aliphatic rings. The van der Waals surface area contributed by atoms with Crippen molar-refractivity contribution < 1.29 is 18.3 Å². The molecule has 1 atom stereocenters. The molecule has 0 saturated carbocycles. The topological polar surface area (TPSA) is 54.8 Å². The molecule has 0 unspecified atom stereocenters. The van der Waals surface area contributed by atoms with E-state index in [1.165, 1.54) is 6.07 Å². The summed E-state index contributed by atoms with van der Waals surface area (Å²) in [5, 5.41) is -0.0902. The summed E-state index contributed by atoms with van der Waals surface area (Å²) in [5.74, 6) is -1.28. The first-order chi connectivity index (χ1) is 13.5. The monoisotopic (exact) mass is 409 g/mol. The summed E-state index contributed by atoms with van der Waals surface area (Å²) in [6.45, 7) is 4.04. The molecule has 0 radical (unpaired) electrons. The summed E-state index contributed by atoms with van der Waals surface area (Å²) in [6, 6.07) is 2.78. The van der Waals surface area contributed by atoms with Gasteiger partial charge in [-0.15, -0.1) is 0 Å². The first-order valence-corrected chi connectivity index (χ1v) is 10.1. The standard InChI is InChI=1S/C19H21F2N3O3S/c1-3-27-19(26)16-17(25)11-8-12(21)14(23-6-4-22(2)5-7-23)9-13(11)24-15(10-20)28-18(16)24/h8-9,15H,3-7,10H2,1-2H3/t15-/m1/s1. The molecule has 1 fully saturated rings. The van der Waals surface area contributed by atoms with E-state index >= 15 is 0 Å². The maximum absolute atomic E-state index is 14.9. The lowest BCUT2D eigenvalue weighted by atomic mass is 10.1. The molecule has 6 nitrogen and oxygen atoms in total. The van der Waals surface area contributed by atoms with Crippen molar-refractivity contribution in [1.82, 2.24) is 9.47 Å². The van der Waals surface area contributed by atoms with Gasteiger partial charge in [-0.05, 0) is 26.1 Å². The number of thioether (sulfide) groups is 1. The number of nitrogens with zero attached hydrogens (tertiary/aromatic N) is 3. The number of esters is 1. The van der Waals surface area contributed by atoms with Crippen LogP contribution in [0.2, 0.25) is 0 Å². The lowest BCUT2D eigenvalue weighted by Crippen LogP contribution is -2.44. The second kappa shape index (κ2) is 7.36. The summed E-state index contributed by atoms with van der Waals surface area (Å²) in [5.41, 5.74) is 0.127. The van der Waals surface area contributed by atoms with Gasteiger partial charge in [-0.3, -0.25) is 4.79 Å². The van der Waals surface area contributed by atoms with Gasteiger partial charge in [0.1, 0.15) is 23.4 Å². The third-order valence-corrected chi connectivity index (χ3v) is 6.45. The van der Waals surface area contributed by atoms with Gasteiger partial charge in [0.2, 0.25) is 5.43 Å². The number of hydrogen-bond donors (Lipinski definition) is 0. The fourth-order valence-electron chi connectivity index (χ4n) is 3.70. The molecule has 2 aromatic rings. The average Bonchev–Trinajstić information content (AvgIpc) is 2.65. The van der Waals surface area contributed by atoms with Crippen molar-refractivity contribution in [3.63, 3.8) is 0 Å². The highest BCUT2D eigenvalue weighted by Crippen LogP contribution is 2.47.